The number of hydrogen-bond donors (Lipinski definition) is 1. The lowest BCUT2D eigenvalue weighted by Gasteiger charge is -2.36. The Kier molecular flexibility index (Phi) is 2.92. The number of aryl methyl sites for hydroxylation is 1. The van der Waals surface area contributed by atoms with E-state index in [2.05, 4.69) is 52.6 Å². The second kappa shape index (κ2) is 4.58. The van der Waals surface area contributed by atoms with Crippen molar-refractivity contribution in [3.05, 3.63) is 41.6 Å². The van der Waals surface area contributed by atoms with Crippen molar-refractivity contribution in [1.82, 2.24) is 10.4 Å². The van der Waals surface area contributed by atoms with Crippen molar-refractivity contribution < 1.29 is 0 Å². The zero-order valence-corrected chi connectivity index (χ0v) is 10.8. The summed E-state index contributed by atoms with van der Waals surface area (Å²) in [6, 6.07) is 7.03. The molecular weight excluding hydrogens is 222 g/mol. The fourth-order valence-corrected chi connectivity index (χ4v) is 3.04. The van der Waals surface area contributed by atoms with E-state index in [1.54, 1.807) is 0 Å². The zero-order valence-electron chi connectivity index (χ0n) is 10.8. The second-order valence-electron chi connectivity index (χ2n) is 5.05. The highest BCUT2D eigenvalue weighted by atomic mass is 15.5. The average Bonchev–Trinajstić information content (AvgIpc) is 2.77. The molecule has 0 aromatic heterocycles. The summed E-state index contributed by atoms with van der Waals surface area (Å²) in [5.41, 5.74) is 7.16. The molecule has 1 aliphatic heterocycles. The number of hydrazine groups is 1. The smallest absolute Gasteiger partial charge is 0.0651 e. The monoisotopic (exact) mass is 241 g/mol. The molecule has 0 saturated heterocycles. The molecule has 2 aliphatic rings. The molecule has 1 heterocycles. The van der Waals surface area contributed by atoms with E-state index in [4.69, 9.17) is 0 Å². The highest BCUT2D eigenvalue weighted by molar-refractivity contribution is 5.51. The number of nitrogens with zero attached hydrogens (tertiary/aromatic N) is 2. The van der Waals surface area contributed by atoms with Gasteiger partial charge in [-0.3, -0.25) is 4.99 Å². The molecular formula is C15H19N3. The average molecular weight is 241 g/mol. The molecule has 0 saturated carbocycles. The molecule has 1 aliphatic carbocycles. The van der Waals surface area contributed by atoms with Gasteiger partial charge in [0.2, 0.25) is 0 Å². The number of nitrogens with one attached hydrogen (secondary N) is 1. The number of aliphatic imine (C=N–C) groups is 1. The van der Waals surface area contributed by atoms with E-state index in [-0.39, 0.29) is 0 Å². The number of hydrogen-bond acceptors (Lipinski definition) is 3. The van der Waals surface area contributed by atoms with Crippen LogP contribution in [0.1, 0.15) is 29.9 Å². The first-order valence-electron chi connectivity index (χ1n) is 6.55. The predicted molar refractivity (Wildman–Crippen MR) is 75.2 cm³/mol. The van der Waals surface area contributed by atoms with E-state index in [1.807, 2.05) is 7.05 Å². The largest absolute Gasteiger partial charge is 0.309 e. The van der Waals surface area contributed by atoms with Crippen LogP contribution in [0, 0.1) is 0 Å². The molecule has 0 spiro atoms. The van der Waals surface area contributed by atoms with E-state index < -0.39 is 0 Å². The van der Waals surface area contributed by atoms with E-state index in [1.165, 1.54) is 30.4 Å². The molecule has 0 bridgehead atoms. The van der Waals surface area contributed by atoms with Gasteiger partial charge in [-0.15, -0.1) is 0 Å². The molecule has 3 nitrogen and oxygen atoms in total. The lowest BCUT2D eigenvalue weighted by atomic mass is 9.91. The van der Waals surface area contributed by atoms with Crippen LogP contribution in [-0.4, -0.2) is 24.8 Å². The SMILES string of the molecule is C=Nc1ccc2c(c1)C(CC1C=CN1NC)CC2. The minimum atomic E-state index is 0.534. The minimum absolute atomic E-state index is 0.534. The lowest BCUT2D eigenvalue weighted by molar-refractivity contribution is 0.193. The predicted octanol–water partition coefficient (Wildman–Crippen LogP) is 2.77. The summed E-state index contributed by atoms with van der Waals surface area (Å²) in [5, 5.41) is 2.17. The lowest BCUT2D eigenvalue weighted by Crippen LogP contribution is -2.44. The molecule has 2 unspecified atom stereocenters. The van der Waals surface area contributed by atoms with E-state index >= 15 is 0 Å². The molecule has 1 N–H and O–H groups in total. The van der Waals surface area contributed by atoms with Gasteiger partial charge in [0.25, 0.3) is 0 Å². The summed E-state index contributed by atoms with van der Waals surface area (Å²) in [6.45, 7) is 3.62. The second-order valence-corrected chi connectivity index (χ2v) is 5.05. The molecule has 3 rings (SSSR count). The van der Waals surface area contributed by atoms with Crippen molar-refractivity contribution in [2.45, 2.75) is 31.2 Å². The van der Waals surface area contributed by atoms with Crippen LogP contribution in [0.25, 0.3) is 0 Å². The topological polar surface area (TPSA) is 27.6 Å². The Morgan fingerprint density at radius 2 is 2.39 bits per heavy atom. The Bertz CT molecular complexity index is 493. The molecule has 2 atom stereocenters. The normalized spacial score (nSPS) is 24.8. The highest BCUT2D eigenvalue weighted by Crippen LogP contribution is 2.39. The van der Waals surface area contributed by atoms with E-state index in [0.29, 0.717) is 12.0 Å². The summed E-state index contributed by atoms with van der Waals surface area (Å²) >= 11 is 0. The third-order valence-corrected chi connectivity index (χ3v) is 4.12. The van der Waals surface area contributed by atoms with Gasteiger partial charge < -0.3 is 5.01 Å². The van der Waals surface area contributed by atoms with E-state index in [9.17, 15) is 0 Å². The van der Waals surface area contributed by atoms with Gasteiger partial charge in [0, 0.05) is 13.2 Å². The number of fused-ring (bicyclic) bond motifs is 1. The van der Waals surface area contributed by atoms with Crippen LogP contribution in [0.5, 0.6) is 0 Å². The Labute approximate surface area is 108 Å². The zero-order chi connectivity index (χ0) is 12.5. The third kappa shape index (κ3) is 1.85. The molecule has 1 aromatic carbocycles. The van der Waals surface area contributed by atoms with Crippen LogP contribution in [0.15, 0.2) is 35.5 Å². The Hall–Kier alpha value is -1.61. The maximum atomic E-state index is 4.04. The Morgan fingerprint density at radius 1 is 1.50 bits per heavy atom. The Balaban J connectivity index is 1.77. The minimum Gasteiger partial charge on any atom is -0.309 e. The quantitative estimate of drug-likeness (QED) is 0.821. The van der Waals surface area contributed by atoms with Gasteiger partial charge in [-0.1, -0.05) is 6.07 Å². The molecule has 18 heavy (non-hydrogen) atoms. The van der Waals surface area contributed by atoms with E-state index in [0.717, 1.165) is 5.69 Å². The van der Waals surface area contributed by atoms with Gasteiger partial charge in [0.15, 0.2) is 0 Å². The molecule has 94 valence electrons. The fraction of sp³-hybridized carbons (Fsp3) is 0.400. The van der Waals surface area contributed by atoms with Gasteiger partial charge in [-0.05, 0) is 61.2 Å². The van der Waals surface area contributed by atoms with Gasteiger partial charge in [-0.25, -0.2) is 5.43 Å². The first kappa shape index (κ1) is 11.5. The maximum Gasteiger partial charge on any atom is 0.0651 e. The van der Waals surface area contributed by atoms with Crippen LogP contribution < -0.4 is 5.43 Å². The molecule has 0 fully saturated rings. The van der Waals surface area contributed by atoms with Crippen molar-refractivity contribution in [2.24, 2.45) is 4.99 Å². The van der Waals surface area contributed by atoms with Gasteiger partial charge in [-0.2, -0.15) is 0 Å². The summed E-state index contributed by atoms with van der Waals surface area (Å²) < 4.78 is 0. The van der Waals surface area contributed by atoms with Crippen LogP contribution in [-0.2, 0) is 6.42 Å². The van der Waals surface area contributed by atoms with Crippen molar-refractivity contribution >= 4 is 12.4 Å². The van der Waals surface area contributed by atoms with Crippen molar-refractivity contribution in [1.29, 1.82) is 0 Å². The van der Waals surface area contributed by atoms with Crippen molar-refractivity contribution in [3.8, 4) is 0 Å². The van der Waals surface area contributed by atoms with Crippen LogP contribution in [0.3, 0.4) is 0 Å². The van der Waals surface area contributed by atoms with Crippen LogP contribution in [0.2, 0.25) is 0 Å². The maximum absolute atomic E-state index is 4.04. The summed E-state index contributed by atoms with van der Waals surface area (Å²) in [6.07, 6.45) is 8.02. The molecule has 0 radical (unpaired) electrons. The van der Waals surface area contributed by atoms with Gasteiger partial charge >= 0.3 is 0 Å². The Morgan fingerprint density at radius 3 is 3.06 bits per heavy atom. The molecule has 0 amide bonds. The van der Waals surface area contributed by atoms with Gasteiger partial charge in [0.1, 0.15) is 0 Å². The summed E-state index contributed by atoms with van der Waals surface area (Å²) in [4.78, 5) is 4.04. The first-order valence-corrected chi connectivity index (χ1v) is 6.55. The van der Waals surface area contributed by atoms with Crippen molar-refractivity contribution in [2.75, 3.05) is 7.05 Å². The fourth-order valence-electron chi connectivity index (χ4n) is 3.04. The van der Waals surface area contributed by atoms with Crippen LogP contribution in [0.4, 0.5) is 5.69 Å². The number of rotatable bonds is 4. The summed E-state index contributed by atoms with van der Waals surface area (Å²) in [7, 11) is 1.97. The van der Waals surface area contributed by atoms with Gasteiger partial charge in [0.05, 0.1) is 11.7 Å². The molecule has 1 aromatic rings. The highest BCUT2D eigenvalue weighted by Gasteiger charge is 2.28. The molecule has 3 heteroatoms. The number of benzene rings is 1. The first-order chi connectivity index (χ1) is 8.81. The van der Waals surface area contributed by atoms with Crippen molar-refractivity contribution in [3.63, 3.8) is 0 Å². The third-order valence-electron chi connectivity index (χ3n) is 4.12. The summed E-state index contributed by atoms with van der Waals surface area (Å²) in [5.74, 6) is 0.660. The van der Waals surface area contributed by atoms with Crippen LogP contribution >= 0.6 is 0 Å². The standard InChI is InChI=1S/C15H19N3/c1-16-13-6-5-11-3-4-12(15(11)10-13)9-14-7-8-18(14)17-2/h5-8,10,12,14,17H,1,3-4,9H2,2H3.